The van der Waals surface area contributed by atoms with E-state index in [2.05, 4.69) is 5.32 Å². The van der Waals surface area contributed by atoms with Crippen molar-refractivity contribution in [1.82, 2.24) is 0 Å². The molecule has 1 unspecified atom stereocenters. The van der Waals surface area contributed by atoms with Gasteiger partial charge in [0.15, 0.2) is 0 Å². The molecule has 0 radical (unpaired) electrons. The molecule has 1 aliphatic rings. The van der Waals surface area contributed by atoms with E-state index in [1.807, 2.05) is 50.2 Å². The Labute approximate surface area is 123 Å². The highest BCUT2D eigenvalue weighted by Gasteiger charge is 2.30. The molecule has 1 aliphatic heterocycles. The molecule has 4 heteroatoms. The fourth-order valence-corrected chi connectivity index (χ4v) is 2.55. The second-order valence-corrected chi connectivity index (χ2v) is 5.41. The van der Waals surface area contributed by atoms with Gasteiger partial charge in [0, 0.05) is 5.56 Å². The molecule has 0 spiro atoms. The van der Waals surface area contributed by atoms with Gasteiger partial charge >= 0.3 is 0 Å². The number of amides is 1. The molecule has 0 aliphatic carbocycles. The summed E-state index contributed by atoms with van der Waals surface area (Å²) in [6.45, 7) is 4.37. The smallest absolute Gasteiger partial charge is 0.235 e. The molecule has 1 heterocycles. The Morgan fingerprint density at radius 3 is 2.76 bits per heavy atom. The van der Waals surface area contributed by atoms with E-state index in [-0.39, 0.29) is 11.8 Å². The molecular weight excluding hydrogens is 264 g/mol. The Kier molecular flexibility index (Phi) is 3.29. The van der Waals surface area contributed by atoms with Crippen LogP contribution in [0.3, 0.4) is 0 Å². The van der Waals surface area contributed by atoms with Gasteiger partial charge in [-0.25, -0.2) is 0 Å². The maximum Gasteiger partial charge on any atom is 0.235 e. The van der Waals surface area contributed by atoms with Crippen LogP contribution in [0.1, 0.15) is 22.6 Å². The predicted octanol–water partition coefficient (Wildman–Crippen LogP) is 3.00. The number of ether oxygens (including phenoxy) is 1. The van der Waals surface area contributed by atoms with Crippen molar-refractivity contribution in [3.63, 3.8) is 0 Å². The van der Waals surface area contributed by atoms with Gasteiger partial charge in [-0.3, -0.25) is 4.79 Å². The zero-order valence-corrected chi connectivity index (χ0v) is 12.1. The quantitative estimate of drug-likeness (QED) is 0.832. The van der Waals surface area contributed by atoms with Crippen molar-refractivity contribution in [2.75, 3.05) is 17.7 Å². The van der Waals surface area contributed by atoms with Crippen molar-refractivity contribution >= 4 is 17.3 Å². The Hall–Kier alpha value is -2.49. The minimum absolute atomic E-state index is 0.0881. The lowest BCUT2D eigenvalue weighted by Crippen LogP contribution is -2.22. The van der Waals surface area contributed by atoms with Crippen LogP contribution in [-0.2, 0) is 4.79 Å². The van der Waals surface area contributed by atoms with Crippen molar-refractivity contribution in [3.05, 3.63) is 53.1 Å². The van der Waals surface area contributed by atoms with E-state index in [0.717, 1.165) is 22.4 Å². The lowest BCUT2D eigenvalue weighted by molar-refractivity contribution is -0.117. The number of anilines is 2. The average molecular weight is 282 g/mol. The summed E-state index contributed by atoms with van der Waals surface area (Å²) >= 11 is 0. The molecule has 3 rings (SSSR count). The predicted molar refractivity (Wildman–Crippen MR) is 83.6 cm³/mol. The molecule has 108 valence electrons. The van der Waals surface area contributed by atoms with Crippen LogP contribution in [0.25, 0.3) is 0 Å². The molecule has 2 aromatic rings. The van der Waals surface area contributed by atoms with Crippen LogP contribution in [0.15, 0.2) is 36.4 Å². The first-order valence-corrected chi connectivity index (χ1v) is 6.95. The number of nitrogens with two attached hydrogens (primary N) is 1. The Bertz CT molecular complexity index is 710. The Balaban J connectivity index is 1.84. The van der Waals surface area contributed by atoms with Gasteiger partial charge in [0.2, 0.25) is 5.91 Å². The lowest BCUT2D eigenvalue weighted by atomic mass is 10.00. The minimum atomic E-state index is -0.290. The zero-order valence-electron chi connectivity index (χ0n) is 12.1. The molecule has 1 atom stereocenters. The molecule has 0 aromatic heterocycles. The van der Waals surface area contributed by atoms with Crippen LogP contribution in [-0.4, -0.2) is 12.5 Å². The Morgan fingerprint density at radius 1 is 1.24 bits per heavy atom. The van der Waals surface area contributed by atoms with Crippen LogP contribution >= 0.6 is 0 Å². The number of carbonyl (C=O) groups excluding carboxylic acids is 1. The molecule has 4 nitrogen and oxygen atoms in total. The summed E-state index contributed by atoms with van der Waals surface area (Å²) in [6, 6.07) is 11.4. The SMILES string of the molecule is Cc1cc(N)c(NC(=O)C2COc3ccccc32)cc1C. The van der Waals surface area contributed by atoms with E-state index >= 15 is 0 Å². The van der Waals surface area contributed by atoms with Gasteiger partial charge in [-0.05, 0) is 43.2 Å². The highest BCUT2D eigenvalue weighted by Crippen LogP contribution is 2.34. The summed E-state index contributed by atoms with van der Waals surface area (Å²) in [5.41, 5.74) is 10.4. The van der Waals surface area contributed by atoms with Crippen LogP contribution in [0.2, 0.25) is 0 Å². The van der Waals surface area contributed by atoms with Crippen molar-refractivity contribution in [3.8, 4) is 5.75 Å². The van der Waals surface area contributed by atoms with Gasteiger partial charge in [0.1, 0.15) is 18.3 Å². The highest BCUT2D eigenvalue weighted by molar-refractivity contribution is 5.99. The van der Waals surface area contributed by atoms with E-state index in [4.69, 9.17) is 10.5 Å². The standard InChI is InChI=1S/C17H18N2O2/c1-10-7-14(18)15(8-11(10)2)19-17(20)13-9-21-16-6-4-3-5-12(13)16/h3-8,13H,9,18H2,1-2H3,(H,19,20). The topological polar surface area (TPSA) is 64.3 Å². The molecule has 0 bridgehead atoms. The lowest BCUT2D eigenvalue weighted by Gasteiger charge is -2.14. The third-order valence-electron chi connectivity index (χ3n) is 3.94. The number of aryl methyl sites for hydroxylation is 2. The van der Waals surface area contributed by atoms with Crippen LogP contribution < -0.4 is 15.8 Å². The molecular formula is C17H18N2O2. The van der Waals surface area contributed by atoms with E-state index in [0.29, 0.717) is 18.0 Å². The molecule has 0 saturated carbocycles. The third kappa shape index (κ3) is 2.44. The Morgan fingerprint density at radius 2 is 1.95 bits per heavy atom. The second-order valence-electron chi connectivity index (χ2n) is 5.41. The minimum Gasteiger partial charge on any atom is -0.492 e. The number of fused-ring (bicyclic) bond motifs is 1. The average Bonchev–Trinajstić information content (AvgIpc) is 2.88. The number of benzene rings is 2. The molecule has 3 N–H and O–H groups in total. The van der Waals surface area contributed by atoms with Crippen molar-refractivity contribution in [2.24, 2.45) is 0 Å². The molecule has 0 saturated heterocycles. The number of carbonyl (C=O) groups is 1. The summed E-state index contributed by atoms with van der Waals surface area (Å²) in [6.07, 6.45) is 0. The number of hydrogen-bond acceptors (Lipinski definition) is 3. The summed E-state index contributed by atoms with van der Waals surface area (Å²) in [5.74, 6) is 0.405. The summed E-state index contributed by atoms with van der Waals surface area (Å²) in [4.78, 5) is 12.5. The fraction of sp³-hybridized carbons (Fsp3) is 0.235. The number of hydrogen-bond donors (Lipinski definition) is 2. The maximum atomic E-state index is 12.5. The van der Waals surface area contributed by atoms with Crippen LogP contribution in [0, 0.1) is 13.8 Å². The third-order valence-corrected chi connectivity index (χ3v) is 3.94. The first kappa shape index (κ1) is 13.5. The van der Waals surface area contributed by atoms with Crippen LogP contribution in [0.4, 0.5) is 11.4 Å². The molecule has 1 amide bonds. The normalized spacial score (nSPS) is 16.2. The number of nitrogens with one attached hydrogen (secondary N) is 1. The van der Waals surface area contributed by atoms with Crippen molar-refractivity contribution < 1.29 is 9.53 Å². The largest absolute Gasteiger partial charge is 0.492 e. The van der Waals surface area contributed by atoms with Gasteiger partial charge in [0.05, 0.1) is 11.4 Å². The first-order valence-electron chi connectivity index (χ1n) is 6.95. The second kappa shape index (κ2) is 5.13. The summed E-state index contributed by atoms with van der Waals surface area (Å²) in [5, 5.41) is 2.92. The van der Waals surface area contributed by atoms with Crippen LogP contribution in [0.5, 0.6) is 5.75 Å². The fourth-order valence-electron chi connectivity index (χ4n) is 2.55. The van der Waals surface area contributed by atoms with E-state index in [1.54, 1.807) is 0 Å². The van der Waals surface area contributed by atoms with Gasteiger partial charge in [-0.2, -0.15) is 0 Å². The summed E-state index contributed by atoms with van der Waals surface area (Å²) < 4.78 is 5.55. The van der Waals surface area contributed by atoms with Gasteiger partial charge in [0.25, 0.3) is 0 Å². The number of rotatable bonds is 2. The van der Waals surface area contributed by atoms with E-state index in [9.17, 15) is 4.79 Å². The first-order chi connectivity index (χ1) is 10.1. The molecule has 2 aromatic carbocycles. The zero-order chi connectivity index (χ0) is 15.0. The van der Waals surface area contributed by atoms with E-state index in [1.165, 1.54) is 0 Å². The molecule has 21 heavy (non-hydrogen) atoms. The maximum absolute atomic E-state index is 12.5. The highest BCUT2D eigenvalue weighted by atomic mass is 16.5. The monoisotopic (exact) mass is 282 g/mol. The number of para-hydroxylation sites is 1. The van der Waals surface area contributed by atoms with Gasteiger partial charge in [-0.1, -0.05) is 18.2 Å². The van der Waals surface area contributed by atoms with Gasteiger partial charge in [-0.15, -0.1) is 0 Å². The van der Waals surface area contributed by atoms with Crippen molar-refractivity contribution in [1.29, 1.82) is 0 Å². The van der Waals surface area contributed by atoms with E-state index < -0.39 is 0 Å². The number of nitrogen functional groups attached to an aromatic ring is 1. The molecule has 0 fully saturated rings. The summed E-state index contributed by atoms with van der Waals surface area (Å²) in [7, 11) is 0. The van der Waals surface area contributed by atoms with Crippen molar-refractivity contribution in [2.45, 2.75) is 19.8 Å². The van der Waals surface area contributed by atoms with Gasteiger partial charge < -0.3 is 15.8 Å².